The zero-order valence-corrected chi connectivity index (χ0v) is 16.8. The topological polar surface area (TPSA) is 35.5 Å². The van der Waals surface area contributed by atoms with Crippen molar-refractivity contribution < 1.29 is 14.0 Å². The molecule has 0 amide bonds. The Labute approximate surface area is 138 Å². The van der Waals surface area contributed by atoms with Crippen LogP contribution < -0.4 is 0 Å². The van der Waals surface area contributed by atoms with Gasteiger partial charge in [0.05, 0.1) is 5.92 Å². The molecule has 3 nitrogen and oxygen atoms in total. The Morgan fingerprint density at radius 1 is 1.05 bits per heavy atom. The molecule has 130 valence electrons. The minimum atomic E-state index is -1.82. The fraction of sp³-hybridized carbons (Fsp3) is 0.944. The third-order valence-electron chi connectivity index (χ3n) is 5.49. The maximum atomic E-state index is 11.8. The number of hydrogen-bond donors (Lipinski definition) is 0. The molecule has 3 atom stereocenters. The van der Waals surface area contributed by atoms with E-state index in [1.807, 2.05) is 6.92 Å². The molecule has 1 aliphatic heterocycles. The van der Waals surface area contributed by atoms with Gasteiger partial charge in [0, 0.05) is 12.5 Å². The highest BCUT2D eigenvalue weighted by molar-refractivity contribution is 6.77. The second kappa shape index (κ2) is 7.96. The van der Waals surface area contributed by atoms with E-state index >= 15 is 0 Å². The van der Waals surface area contributed by atoms with Crippen LogP contribution in [0.4, 0.5) is 0 Å². The van der Waals surface area contributed by atoms with E-state index in [-0.39, 0.29) is 23.9 Å². The molecule has 0 N–H and O–H groups in total. The van der Waals surface area contributed by atoms with Crippen molar-refractivity contribution in [1.29, 1.82) is 0 Å². The first-order valence-corrected chi connectivity index (χ1v) is 11.1. The number of cyclic esters (lactones) is 1. The van der Waals surface area contributed by atoms with Crippen LogP contribution in [0.5, 0.6) is 0 Å². The van der Waals surface area contributed by atoms with Gasteiger partial charge in [0.1, 0.15) is 6.10 Å². The fourth-order valence-electron chi connectivity index (χ4n) is 4.14. The molecular weight excluding hydrogens is 292 g/mol. The zero-order chi connectivity index (χ0) is 17.1. The first-order valence-electron chi connectivity index (χ1n) is 8.97. The minimum absolute atomic E-state index is 0.0295. The lowest BCUT2D eigenvalue weighted by Gasteiger charge is -2.43. The Hall–Kier alpha value is -0.353. The van der Waals surface area contributed by atoms with Gasteiger partial charge in [-0.15, -0.1) is 0 Å². The number of hydrogen-bond acceptors (Lipinski definition) is 3. The summed E-state index contributed by atoms with van der Waals surface area (Å²) in [4.78, 5) is 11.8. The van der Waals surface area contributed by atoms with Crippen LogP contribution in [0.2, 0.25) is 16.6 Å². The maximum Gasteiger partial charge on any atom is 0.308 e. The first-order chi connectivity index (χ1) is 10.1. The Bertz CT molecular complexity index is 344. The molecule has 0 spiro atoms. The van der Waals surface area contributed by atoms with Gasteiger partial charge in [0.25, 0.3) is 0 Å². The molecular formula is C18H36O3Si. The minimum Gasteiger partial charge on any atom is -0.462 e. The fourth-order valence-corrected chi connectivity index (χ4v) is 9.69. The summed E-state index contributed by atoms with van der Waals surface area (Å²) in [6, 6.07) is 0. The molecule has 1 saturated heterocycles. The van der Waals surface area contributed by atoms with Crippen LogP contribution in [0.15, 0.2) is 0 Å². The maximum absolute atomic E-state index is 11.8. The van der Waals surface area contributed by atoms with Crippen LogP contribution in [-0.2, 0) is 14.0 Å². The van der Waals surface area contributed by atoms with Gasteiger partial charge in [-0.1, -0.05) is 55.4 Å². The average molecular weight is 329 g/mol. The van der Waals surface area contributed by atoms with Crippen molar-refractivity contribution >= 4 is 14.3 Å². The predicted molar refractivity (Wildman–Crippen MR) is 94.4 cm³/mol. The van der Waals surface area contributed by atoms with Gasteiger partial charge in [-0.3, -0.25) is 4.79 Å². The van der Waals surface area contributed by atoms with Crippen LogP contribution in [-0.4, -0.2) is 27.0 Å². The van der Waals surface area contributed by atoms with E-state index in [0.717, 1.165) is 12.8 Å². The molecule has 0 aromatic carbocycles. The summed E-state index contributed by atoms with van der Waals surface area (Å²) < 4.78 is 12.2. The van der Waals surface area contributed by atoms with Gasteiger partial charge >= 0.3 is 5.97 Å². The van der Waals surface area contributed by atoms with E-state index in [4.69, 9.17) is 9.16 Å². The summed E-state index contributed by atoms with van der Waals surface area (Å²) in [6.45, 7) is 18.7. The standard InChI is InChI=1S/C18H36O3Si/c1-12(2)22(13(3)4,14(5)6)20-11-16(8)17-10-9-15(7)18(19)21-17/h12-17H,9-11H2,1-8H3/t15-,16+,17-/m0/s1. The third kappa shape index (κ3) is 4.13. The zero-order valence-electron chi connectivity index (χ0n) is 15.8. The molecule has 0 saturated carbocycles. The van der Waals surface area contributed by atoms with Crippen molar-refractivity contribution in [3.8, 4) is 0 Å². The molecule has 0 aliphatic carbocycles. The summed E-state index contributed by atoms with van der Waals surface area (Å²) in [5.74, 6) is 0.294. The summed E-state index contributed by atoms with van der Waals surface area (Å²) in [5.41, 5.74) is 1.77. The van der Waals surface area contributed by atoms with Crippen molar-refractivity contribution in [2.75, 3.05) is 6.61 Å². The van der Waals surface area contributed by atoms with Gasteiger partial charge in [0.15, 0.2) is 8.32 Å². The molecule has 1 fully saturated rings. The number of carbonyl (C=O) groups excluding carboxylic acids is 1. The SMILES string of the molecule is CC(C)[Si](OC[C@@H](C)[C@@H]1CC[C@H](C)C(=O)O1)(C(C)C)C(C)C. The van der Waals surface area contributed by atoms with Crippen molar-refractivity contribution in [2.24, 2.45) is 11.8 Å². The molecule has 0 aromatic heterocycles. The smallest absolute Gasteiger partial charge is 0.308 e. The lowest BCUT2D eigenvalue weighted by atomic mass is 9.93. The summed E-state index contributed by atoms with van der Waals surface area (Å²) in [6.07, 6.45) is 1.94. The van der Waals surface area contributed by atoms with E-state index in [1.165, 1.54) is 0 Å². The summed E-state index contributed by atoms with van der Waals surface area (Å²) in [7, 11) is -1.82. The second-order valence-electron chi connectivity index (χ2n) is 8.06. The molecule has 1 heterocycles. The van der Waals surface area contributed by atoms with Crippen molar-refractivity contribution in [1.82, 2.24) is 0 Å². The van der Waals surface area contributed by atoms with E-state index < -0.39 is 8.32 Å². The number of carbonyl (C=O) groups is 1. The average Bonchev–Trinajstić information content (AvgIpc) is 2.41. The summed E-state index contributed by atoms with van der Waals surface area (Å²) >= 11 is 0. The van der Waals surface area contributed by atoms with Gasteiger partial charge in [-0.2, -0.15) is 0 Å². The number of esters is 1. The van der Waals surface area contributed by atoms with Crippen molar-refractivity contribution in [3.63, 3.8) is 0 Å². The predicted octanol–water partition coefficient (Wildman–Crippen LogP) is 5.16. The van der Waals surface area contributed by atoms with Gasteiger partial charge in [-0.25, -0.2) is 0 Å². The van der Waals surface area contributed by atoms with E-state index in [2.05, 4.69) is 48.5 Å². The Balaban J connectivity index is 2.71. The van der Waals surface area contributed by atoms with Crippen LogP contribution >= 0.6 is 0 Å². The molecule has 0 radical (unpaired) electrons. The number of rotatable bonds is 7. The molecule has 0 unspecified atom stereocenters. The van der Waals surface area contributed by atoms with E-state index in [9.17, 15) is 4.79 Å². The number of ether oxygens (including phenoxy) is 1. The Kier molecular flexibility index (Phi) is 7.12. The first kappa shape index (κ1) is 19.7. The highest BCUT2D eigenvalue weighted by Gasteiger charge is 2.45. The molecule has 0 aromatic rings. The van der Waals surface area contributed by atoms with Crippen molar-refractivity contribution in [2.45, 2.75) is 91.0 Å². The van der Waals surface area contributed by atoms with E-state index in [1.54, 1.807) is 0 Å². The molecule has 1 rings (SSSR count). The molecule has 4 heteroatoms. The van der Waals surface area contributed by atoms with Gasteiger partial charge in [0.2, 0.25) is 0 Å². The summed E-state index contributed by atoms with van der Waals surface area (Å²) in [5, 5.41) is 0. The molecule has 1 aliphatic rings. The highest BCUT2D eigenvalue weighted by Crippen LogP contribution is 2.42. The second-order valence-corrected chi connectivity index (χ2v) is 13.5. The quantitative estimate of drug-likeness (QED) is 0.478. The van der Waals surface area contributed by atoms with Crippen LogP contribution in [0.25, 0.3) is 0 Å². The normalized spacial score (nSPS) is 25.0. The molecule has 22 heavy (non-hydrogen) atoms. The lowest BCUT2D eigenvalue weighted by molar-refractivity contribution is -0.163. The van der Waals surface area contributed by atoms with Crippen molar-refractivity contribution in [3.05, 3.63) is 0 Å². The van der Waals surface area contributed by atoms with Crippen LogP contribution in [0.1, 0.15) is 68.2 Å². The molecule has 0 bridgehead atoms. The lowest BCUT2D eigenvalue weighted by Crippen LogP contribution is -2.49. The Morgan fingerprint density at radius 3 is 1.95 bits per heavy atom. The van der Waals surface area contributed by atoms with E-state index in [0.29, 0.717) is 23.2 Å². The largest absolute Gasteiger partial charge is 0.462 e. The van der Waals surface area contributed by atoms with Crippen LogP contribution in [0, 0.1) is 11.8 Å². The van der Waals surface area contributed by atoms with Crippen LogP contribution in [0.3, 0.4) is 0 Å². The monoisotopic (exact) mass is 328 g/mol. The van der Waals surface area contributed by atoms with Gasteiger partial charge in [-0.05, 0) is 29.5 Å². The third-order valence-corrected chi connectivity index (χ3v) is 11.6. The Morgan fingerprint density at radius 2 is 1.55 bits per heavy atom. The van der Waals surface area contributed by atoms with Gasteiger partial charge < -0.3 is 9.16 Å². The highest BCUT2D eigenvalue weighted by atomic mass is 28.4.